The van der Waals surface area contributed by atoms with Crippen molar-refractivity contribution in [2.75, 3.05) is 37.7 Å². The number of hydrogen-bond acceptors (Lipinski definition) is 6. The first kappa shape index (κ1) is 20.5. The lowest BCUT2D eigenvalue weighted by molar-refractivity contribution is 0.0123. The number of rotatable bonds is 6. The molecule has 1 aliphatic rings. The first-order valence-electron chi connectivity index (χ1n) is 9.02. The normalized spacial score (nSPS) is 17.5. The first-order valence-corrected chi connectivity index (χ1v) is 9.02. The monoisotopic (exact) mass is 366 g/mol. The van der Waals surface area contributed by atoms with Gasteiger partial charge in [-0.3, -0.25) is 0 Å². The van der Waals surface area contributed by atoms with E-state index >= 15 is 0 Å². The van der Waals surface area contributed by atoms with Crippen LogP contribution >= 0.6 is 0 Å². The zero-order chi connectivity index (χ0) is 19.2. The van der Waals surface area contributed by atoms with E-state index in [1.807, 2.05) is 18.2 Å². The predicted molar refractivity (Wildman–Crippen MR) is 99.3 cm³/mol. The van der Waals surface area contributed by atoms with Crippen molar-refractivity contribution in [2.24, 2.45) is 0 Å². The summed E-state index contributed by atoms with van der Waals surface area (Å²) in [7, 11) is 0. The molecule has 1 aromatic rings. The average molecular weight is 366 g/mol. The van der Waals surface area contributed by atoms with Gasteiger partial charge in [-0.25, -0.2) is 4.79 Å². The Labute approximate surface area is 154 Å². The first-order chi connectivity index (χ1) is 12.3. The van der Waals surface area contributed by atoms with E-state index in [4.69, 9.17) is 9.47 Å². The van der Waals surface area contributed by atoms with Crippen LogP contribution in [0.3, 0.4) is 0 Å². The van der Waals surface area contributed by atoms with Gasteiger partial charge in [0.2, 0.25) is 0 Å². The van der Waals surface area contributed by atoms with Crippen LogP contribution in [0.15, 0.2) is 24.3 Å². The van der Waals surface area contributed by atoms with Gasteiger partial charge in [-0.05, 0) is 44.9 Å². The van der Waals surface area contributed by atoms with E-state index in [9.17, 15) is 15.0 Å². The summed E-state index contributed by atoms with van der Waals surface area (Å²) in [5, 5.41) is 23.3. The third-order valence-electron chi connectivity index (χ3n) is 4.06. The Morgan fingerprint density at radius 3 is 2.65 bits per heavy atom. The number of amides is 1. The topological polar surface area (TPSA) is 91.3 Å². The zero-order valence-electron chi connectivity index (χ0n) is 15.8. The van der Waals surface area contributed by atoms with Crippen LogP contribution in [0, 0.1) is 0 Å². The third-order valence-corrected chi connectivity index (χ3v) is 4.06. The molecule has 1 heterocycles. The minimum absolute atomic E-state index is 0.219. The molecule has 1 aromatic carbocycles. The summed E-state index contributed by atoms with van der Waals surface area (Å²) in [5.41, 5.74) is 1.09. The van der Waals surface area contributed by atoms with Gasteiger partial charge in [0.05, 0.1) is 19.3 Å². The summed E-state index contributed by atoms with van der Waals surface area (Å²) < 4.78 is 10.5. The number of carbonyl (C=O) groups is 1. The average Bonchev–Trinajstić information content (AvgIpc) is 2.60. The van der Waals surface area contributed by atoms with Crippen molar-refractivity contribution in [3.8, 4) is 0 Å². The number of aliphatic hydroxyl groups is 2. The molecule has 0 spiro atoms. The standard InChI is InChI=1S/C19H30N2O5/c1-19(2,3)26-18(24)20-8-7-16(22)17(23)14-5-4-6-15(13-14)21-9-11-25-12-10-21/h4-6,13,16-17,22-23H,7-12H2,1-3H3,(H,20,24). The number of aliphatic hydroxyl groups excluding tert-OH is 2. The second-order valence-corrected chi connectivity index (χ2v) is 7.42. The smallest absolute Gasteiger partial charge is 0.407 e. The summed E-state index contributed by atoms with van der Waals surface area (Å²) >= 11 is 0. The van der Waals surface area contributed by atoms with Gasteiger partial charge in [0.25, 0.3) is 0 Å². The lowest BCUT2D eigenvalue weighted by atomic mass is 10.0. The van der Waals surface area contributed by atoms with Gasteiger partial charge in [0, 0.05) is 25.3 Å². The van der Waals surface area contributed by atoms with E-state index in [1.54, 1.807) is 26.8 Å². The fourth-order valence-electron chi connectivity index (χ4n) is 2.74. The van der Waals surface area contributed by atoms with Crippen molar-refractivity contribution in [1.29, 1.82) is 0 Å². The number of nitrogens with zero attached hydrogens (tertiary/aromatic N) is 1. The molecule has 0 saturated carbocycles. The third kappa shape index (κ3) is 6.48. The molecule has 2 unspecified atom stereocenters. The van der Waals surface area contributed by atoms with E-state index in [0.29, 0.717) is 18.8 Å². The van der Waals surface area contributed by atoms with Crippen LogP contribution < -0.4 is 10.2 Å². The number of ether oxygens (including phenoxy) is 2. The van der Waals surface area contributed by atoms with Gasteiger partial charge >= 0.3 is 6.09 Å². The second-order valence-electron chi connectivity index (χ2n) is 7.42. The Morgan fingerprint density at radius 2 is 2.00 bits per heavy atom. The minimum atomic E-state index is -1.02. The second kappa shape index (κ2) is 9.21. The predicted octanol–water partition coefficient (Wildman–Crippen LogP) is 1.83. The molecule has 7 heteroatoms. The van der Waals surface area contributed by atoms with Gasteiger partial charge in [-0.15, -0.1) is 0 Å². The molecular formula is C19H30N2O5. The Morgan fingerprint density at radius 1 is 1.31 bits per heavy atom. The molecule has 3 N–H and O–H groups in total. The molecule has 7 nitrogen and oxygen atoms in total. The van der Waals surface area contributed by atoms with Crippen LogP contribution in [0.1, 0.15) is 38.9 Å². The molecule has 1 fully saturated rings. The minimum Gasteiger partial charge on any atom is -0.444 e. The van der Waals surface area contributed by atoms with Crippen LogP contribution in [-0.4, -0.2) is 60.9 Å². The molecule has 2 atom stereocenters. The number of alkyl carbamates (subject to hydrolysis) is 1. The molecule has 26 heavy (non-hydrogen) atoms. The van der Waals surface area contributed by atoms with Crippen molar-refractivity contribution >= 4 is 11.8 Å². The highest BCUT2D eigenvalue weighted by atomic mass is 16.6. The summed E-state index contributed by atoms with van der Waals surface area (Å²) in [6, 6.07) is 7.53. The quantitative estimate of drug-likeness (QED) is 0.712. The zero-order valence-corrected chi connectivity index (χ0v) is 15.8. The van der Waals surface area contributed by atoms with Crippen LogP contribution in [0.2, 0.25) is 0 Å². The maximum absolute atomic E-state index is 11.6. The Balaban J connectivity index is 1.85. The summed E-state index contributed by atoms with van der Waals surface area (Å²) in [6.45, 7) is 8.56. The van der Waals surface area contributed by atoms with Crippen LogP contribution in [0.25, 0.3) is 0 Å². The van der Waals surface area contributed by atoms with E-state index in [1.165, 1.54) is 0 Å². The molecule has 1 saturated heterocycles. The van der Waals surface area contributed by atoms with E-state index in [-0.39, 0.29) is 13.0 Å². The van der Waals surface area contributed by atoms with Gasteiger partial charge in [0.1, 0.15) is 11.7 Å². The van der Waals surface area contributed by atoms with E-state index < -0.39 is 23.9 Å². The number of nitrogens with one attached hydrogen (secondary N) is 1. The van der Waals surface area contributed by atoms with E-state index in [2.05, 4.69) is 10.2 Å². The van der Waals surface area contributed by atoms with Crippen molar-refractivity contribution in [3.05, 3.63) is 29.8 Å². The largest absolute Gasteiger partial charge is 0.444 e. The number of benzene rings is 1. The van der Waals surface area contributed by atoms with Gasteiger partial charge < -0.3 is 29.9 Å². The van der Waals surface area contributed by atoms with Gasteiger partial charge in [0.15, 0.2) is 0 Å². The lowest BCUT2D eigenvalue weighted by Crippen LogP contribution is -2.36. The number of morpholine rings is 1. The molecule has 0 aliphatic carbocycles. The molecule has 1 aliphatic heterocycles. The highest BCUT2D eigenvalue weighted by Gasteiger charge is 2.21. The number of hydrogen-bond donors (Lipinski definition) is 3. The van der Waals surface area contributed by atoms with Crippen LogP contribution in [0.5, 0.6) is 0 Å². The van der Waals surface area contributed by atoms with E-state index in [0.717, 1.165) is 18.8 Å². The molecule has 146 valence electrons. The Hall–Kier alpha value is -1.83. The highest BCUT2D eigenvalue weighted by Crippen LogP contribution is 2.24. The molecule has 0 radical (unpaired) electrons. The van der Waals surface area contributed by atoms with Crippen molar-refractivity contribution < 1.29 is 24.5 Å². The van der Waals surface area contributed by atoms with Crippen LogP contribution in [0.4, 0.5) is 10.5 Å². The fourth-order valence-corrected chi connectivity index (χ4v) is 2.74. The molecular weight excluding hydrogens is 336 g/mol. The van der Waals surface area contributed by atoms with Gasteiger partial charge in [-0.2, -0.15) is 0 Å². The summed E-state index contributed by atoms with van der Waals surface area (Å²) in [5.74, 6) is 0. The van der Waals surface area contributed by atoms with Gasteiger partial charge in [-0.1, -0.05) is 12.1 Å². The maximum atomic E-state index is 11.6. The fraction of sp³-hybridized carbons (Fsp3) is 0.632. The highest BCUT2D eigenvalue weighted by molar-refractivity contribution is 5.67. The van der Waals surface area contributed by atoms with Crippen molar-refractivity contribution in [3.63, 3.8) is 0 Å². The van der Waals surface area contributed by atoms with Crippen molar-refractivity contribution in [2.45, 2.75) is 45.0 Å². The maximum Gasteiger partial charge on any atom is 0.407 e. The summed E-state index contributed by atoms with van der Waals surface area (Å²) in [4.78, 5) is 13.8. The molecule has 0 bridgehead atoms. The van der Waals surface area contributed by atoms with Crippen LogP contribution in [-0.2, 0) is 9.47 Å². The number of anilines is 1. The summed E-state index contributed by atoms with van der Waals surface area (Å²) in [6.07, 6.45) is -2.31. The lowest BCUT2D eigenvalue weighted by Gasteiger charge is -2.29. The molecule has 2 rings (SSSR count). The number of carbonyl (C=O) groups excluding carboxylic acids is 1. The SMILES string of the molecule is CC(C)(C)OC(=O)NCCC(O)C(O)c1cccc(N2CCOCC2)c1. The van der Waals surface area contributed by atoms with Crippen molar-refractivity contribution in [1.82, 2.24) is 5.32 Å². The molecule has 1 amide bonds. The Kier molecular flexibility index (Phi) is 7.25. The Bertz CT molecular complexity index is 582. The molecule has 0 aromatic heterocycles.